The molecule has 0 N–H and O–H groups in total. The molecule has 0 saturated heterocycles. The van der Waals surface area contributed by atoms with Crippen LogP contribution in [0.3, 0.4) is 0 Å². The monoisotopic (exact) mass is 395 g/mol. The van der Waals surface area contributed by atoms with Gasteiger partial charge in [-0.1, -0.05) is 48.0 Å². The zero-order valence-corrected chi connectivity index (χ0v) is 15.6. The van der Waals surface area contributed by atoms with Gasteiger partial charge in [-0.3, -0.25) is 0 Å². The topological polar surface area (TPSA) is 59.6 Å². The molecular formula is C21H14ClNO3S. The van der Waals surface area contributed by atoms with Crippen molar-refractivity contribution in [3.63, 3.8) is 0 Å². The van der Waals surface area contributed by atoms with Crippen LogP contribution in [0.15, 0.2) is 104 Å². The lowest BCUT2D eigenvalue weighted by Crippen LogP contribution is -2.15. The fourth-order valence-corrected chi connectivity index (χ4v) is 4.17. The number of nitrogens with zero attached hydrogens (tertiary/aromatic N) is 1. The molecule has 1 aromatic heterocycles. The third-order valence-electron chi connectivity index (χ3n) is 4.02. The van der Waals surface area contributed by atoms with Gasteiger partial charge in [0.05, 0.1) is 10.6 Å². The van der Waals surface area contributed by atoms with Crippen molar-refractivity contribution in [1.29, 1.82) is 0 Å². The number of hydrogen-bond donors (Lipinski definition) is 0. The number of sulfone groups is 1. The molecule has 4 rings (SSSR count). The van der Waals surface area contributed by atoms with Gasteiger partial charge < -0.3 is 4.42 Å². The summed E-state index contributed by atoms with van der Waals surface area (Å²) >= 11 is 5.92. The maximum Gasteiger partial charge on any atom is 0.239 e. The molecule has 0 aliphatic carbocycles. The SMILES string of the molecule is O=S(=O)(c1ccccc1)c1cc2ccccc2oc1=Nc1ccc(Cl)cc1. The summed E-state index contributed by atoms with van der Waals surface area (Å²) in [4.78, 5) is 4.62. The second-order valence-electron chi connectivity index (χ2n) is 5.86. The predicted molar refractivity (Wildman–Crippen MR) is 105 cm³/mol. The highest BCUT2D eigenvalue weighted by atomic mass is 35.5. The van der Waals surface area contributed by atoms with Crippen LogP contribution in [0.25, 0.3) is 11.0 Å². The molecule has 0 radical (unpaired) electrons. The molecule has 0 aliphatic heterocycles. The Balaban J connectivity index is 2.02. The Labute approximate surface area is 161 Å². The Bertz CT molecular complexity index is 1280. The lowest BCUT2D eigenvalue weighted by Gasteiger charge is -2.07. The summed E-state index contributed by atoms with van der Waals surface area (Å²) in [6.45, 7) is 0. The summed E-state index contributed by atoms with van der Waals surface area (Å²) < 4.78 is 32.3. The summed E-state index contributed by atoms with van der Waals surface area (Å²) in [6.07, 6.45) is 0. The van der Waals surface area contributed by atoms with Crippen molar-refractivity contribution in [2.75, 3.05) is 0 Å². The first-order valence-corrected chi connectivity index (χ1v) is 10.0. The van der Waals surface area contributed by atoms with E-state index in [1.165, 1.54) is 0 Å². The Hall–Kier alpha value is -2.89. The van der Waals surface area contributed by atoms with Crippen LogP contribution < -0.4 is 5.55 Å². The minimum absolute atomic E-state index is 0.0161. The zero-order valence-electron chi connectivity index (χ0n) is 14.0. The van der Waals surface area contributed by atoms with Crippen molar-refractivity contribution in [3.05, 3.63) is 95.5 Å². The molecule has 0 amide bonds. The molecule has 0 bridgehead atoms. The van der Waals surface area contributed by atoms with E-state index in [1.807, 2.05) is 12.1 Å². The molecule has 27 heavy (non-hydrogen) atoms. The fraction of sp³-hybridized carbons (Fsp3) is 0. The van der Waals surface area contributed by atoms with Gasteiger partial charge >= 0.3 is 0 Å². The zero-order chi connectivity index (χ0) is 18.9. The van der Waals surface area contributed by atoms with Crippen LogP contribution >= 0.6 is 11.6 Å². The third-order valence-corrected chi connectivity index (χ3v) is 6.04. The predicted octanol–water partition coefficient (Wildman–Crippen LogP) is 5.15. The maximum atomic E-state index is 13.2. The van der Waals surface area contributed by atoms with Crippen LogP contribution in [-0.2, 0) is 9.84 Å². The number of benzene rings is 3. The van der Waals surface area contributed by atoms with E-state index in [0.29, 0.717) is 21.7 Å². The summed E-state index contributed by atoms with van der Waals surface area (Å²) in [5.41, 5.74) is 1.13. The minimum Gasteiger partial charge on any atom is -0.437 e. The normalized spacial score (nSPS) is 12.4. The molecule has 4 nitrogen and oxygen atoms in total. The van der Waals surface area contributed by atoms with Crippen LogP contribution in [-0.4, -0.2) is 8.42 Å². The lowest BCUT2D eigenvalue weighted by atomic mass is 10.2. The first kappa shape index (κ1) is 17.5. The van der Waals surface area contributed by atoms with Gasteiger partial charge in [-0.05, 0) is 48.5 Å². The third kappa shape index (κ3) is 3.52. The molecule has 0 saturated carbocycles. The van der Waals surface area contributed by atoms with E-state index in [2.05, 4.69) is 4.99 Å². The standard InChI is InChI=1S/C21H14ClNO3S/c22-16-10-12-17(13-11-16)23-21-20(14-15-6-4-5-9-19(15)26-21)27(24,25)18-7-2-1-3-8-18/h1-14H. The Kier molecular flexibility index (Phi) is 4.56. The van der Waals surface area contributed by atoms with E-state index in [9.17, 15) is 8.42 Å². The van der Waals surface area contributed by atoms with Crippen molar-refractivity contribution < 1.29 is 12.8 Å². The van der Waals surface area contributed by atoms with E-state index < -0.39 is 9.84 Å². The number of fused-ring (bicyclic) bond motifs is 1. The summed E-state index contributed by atoms with van der Waals surface area (Å²) in [6, 6.07) is 23.8. The van der Waals surface area contributed by atoms with Gasteiger partial charge in [0.15, 0.2) is 0 Å². The summed E-state index contributed by atoms with van der Waals surface area (Å²) in [5.74, 6) is 0. The van der Waals surface area contributed by atoms with E-state index in [0.717, 1.165) is 0 Å². The Morgan fingerprint density at radius 3 is 2.22 bits per heavy atom. The quantitative estimate of drug-likeness (QED) is 0.482. The van der Waals surface area contributed by atoms with Gasteiger partial charge in [-0.25, -0.2) is 13.4 Å². The van der Waals surface area contributed by atoms with Gasteiger partial charge in [0.1, 0.15) is 10.5 Å². The second kappa shape index (κ2) is 7.02. The average molecular weight is 396 g/mol. The van der Waals surface area contributed by atoms with Gasteiger partial charge in [0, 0.05) is 10.4 Å². The van der Waals surface area contributed by atoms with Crippen molar-refractivity contribution >= 4 is 38.1 Å². The molecule has 0 unspecified atom stereocenters. The minimum atomic E-state index is -3.80. The van der Waals surface area contributed by atoms with Crippen LogP contribution in [0.4, 0.5) is 5.69 Å². The highest BCUT2D eigenvalue weighted by Gasteiger charge is 2.22. The van der Waals surface area contributed by atoms with Crippen LogP contribution in [0.2, 0.25) is 5.02 Å². The largest absolute Gasteiger partial charge is 0.437 e. The first-order valence-electron chi connectivity index (χ1n) is 8.17. The average Bonchev–Trinajstić information content (AvgIpc) is 2.70. The Morgan fingerprint density at radius 1 is 0.815 bits per heavy atom. The van der Waals surface area contributed by atoms with Crippen LogP contribution in [0.5, 0.6) is 0 Å². The van der Waals surface area contributed by atoms with Crippen molar-refractivity contribution in [3.8, 4) is 0 Å². The van der Waals surface area contributed by atoms with Crippen LogP contribution in [0, 0.1) is 0 Å². The molecule has 0 atom stereocenters. The fourth-order valence-electron chi connectivity index (χ4n) is 2.68. The van der Waals surface area contributed by atoms with E-state index in [4.69, 9.17) is 16.0 Å². The van der Waals surface area contributed by atoms with Gasteiger partial charge in [0.25, 0.3) is 0 Å². The highest BCUT2D eigenvalue weighted by Crippen LogP contribution is 2.23. The molecular weight excluding hydrogens is 382 g/mol. The van der Waals surface area contributed by atoms with E-state index in [-0.39, 0.29) is 15.3 Å². The number of hydrogen-bond acceptors (Lipinski definition) is 4. The Morgan fingerprint density at radius 2 is 1.48 bits per heavy atom. The van der Waals surface area contributed by atoms with Gasteiger partial charge in [0.2, 0.25) is 15.4 Å². The summed E-state index contributed by atoms with van der Waals surface area (Å²) in [7, 11) is -3.80. The van der Waals surface area contributed by atoms with Gasteiger partial charge in [-0.15, -0.1) is 0 Å². The number of para-hydroxylation sites is 1. The molecule has 0 spiro atoms. The first-order chi connectivity index (χ1) is 13.0. The molecule has 0 aliphatic rings. The summed E-state index contributed by atoms with van der Waals surface area (Å²) in [5, 5.41) is 1.25. The van der Waals surface area contributed by atoms with Gasteiger partial charge in [-0.2, -0.15) is 0 Å². The van der Waals surface area contributed by atoms with Crippen LogP contribution in [0.1, 0.15) is 0 Å². The highest BCUT2D eigenvalue weighted by molar-refractivity contribution is 7.91. The molecule has 6 heteroatoms. The lowest BCUT2D eigenvalue weighted by molar-refractivity contribution is 0.517. The number of rotatable bonds is 3. The maximum absolute atomic E-state index is 13.2. The van der Waals surface area contributed by atoms with Crippen molar-refractivity contribution in [2.45, 2.75) is 9.79 Å². The van der Waals surface area contributed by atoms with Crippen molar-refractivity contribution in [2.24, 2.45) is 4.99 Å². The smallest absolute Gasteiger partial charge is 0.239 e. The molecule has 4 aromatic rings. The number of halogens is 1. The molecule has 134 valence electrons. The van der Waals surface area contributed by atoms with E-state index in [1.54, 1.807) is 72.8 Å². The van der Waals surface area contributed by atoms with E-state index >= 15 is 0 Å². The molecule has 3 aromatic carbocycles. The molecule has 1 heterocycles. The second-order valence-corrected chi connectivity index (χ2v) is 8.21. The molecule has 0 fully saturated rings. The van der Waals surface area contributed by atoms with Crippen molar-refractivity contribution in [1.82, 2.24) is 0 Å².